The molecule has 1 unspecified atom stereocenters. The van der Waals surface area contributed by atoms with Crippen LogP contribution >= 0.6 is 11.8 Å². The zero-order chi connectivity index (χ0) is 21.5. The van der Waals surface area contributed by atoms with Crippen LogP contribution in [-0.4, -0.2) is 53.1 Å². The molecule has 0 aromatic rings. The Hall–Kier alpha value is -1.37. The van der Waals surface area contributed by atoms with Crippen LogP contribution in [0.3, 0.4) is 0 Å². The fourth-order valence-electron chi connectivity index (χ4n) is 3.51. The van der Waals surface area contributed by atoms with E-state index in [4.69, 9.17) is 0 Å². The Bertz CT molecular complexity index is 525. The van der Waals surface area contributed by atoms with E-state index in [2.05, 4.69) is 4.74 Å². The van der Waals surface area contributed by atoms with Crippen LogP contribution in [0.4, 0.5) is 0 Å². The summed E-state index contributed by atoms with van der Waals surface area (Å²) in [6.45, 7) is 5.11. The zero-order valence-electron chi connectivity index (χ0n) is 18.0. The van der Waals surface area contributed by atoms with Gasteiger partial charge in [0.25, 0.3) is 6.47 Å². The third-order valence-corrected chi connectivity index (χ3v) is 6.85. The summed E-state index contributed by atoms with van der Waals surface area (Å²) >= 11 is 1.46. The molecule has 0 bridgehead atoms. The van der Waals surface area contributed by atoms with E-state index < -0.39 is 0 Å². The Morgan fingerprint density at radius 2 is 1.69 bits per heavy atom. The first-order chi connectivity index (χ1) is 14.0. The second-order valence-electron chi connectivity index (χ2n) is 7.77. The molecule has 0 aromatic carbocycles. The Kier molecular flexibility index (Phi) is 13.7. The second kappa shape index (κ2) is 15.5. The highest BCUT2D eigenvalue weighted by atomic mass is 32.2. The largest absolute Gasteiger partial charge is 0.468 e. The van der Waals surface area contributed by atoms with Gasteiger partial charge in [0.15, 0.2) is 0 Å². The summed E-state index contributed by atoms with van der Waals surface area (Å²) in [6, 6.07) is 0. The lowest BCUT2D eigenvalue weighted by Crippen LogP contribution is -2.32. The topological polar surface area (TPSA) is 80.8 Å². The minimum absolute atomic E-state index is 0.0263. The maximum Gasteiger partial charge on any atom is 0.293 e. The van der Waals surface area contributed by atoms with Gasteiger partial charge in [0.05, 0.1) is 11.9 Å². The van der Waals surface area contributed by atoms with Crippen LogP contribution in [0.5, 0.6) is 0 Å². The maximum absolute atomic E-state index is 12.5. The number of carbonyl (C=O) groups excluding carboxylic acids is 4. The van der Waals surface area contributed by atoms with Crippen molar-refractivity contribution in [2.45, 2.75) is 89.7 Å². The van der Waals surface area contributed by atoms with Crippen molar-refractivity contribution in [1.82, 2.24) is 4.90 Å². The van der Waals surface area contributed by atoms with E-state index in [0.29, 0.717) is 25.4 Å². The monoisotopic (exact) mass is 427 g/mol. The number of hydrogen-bond acceptors (Lipinski definition) is 6. The molecule has 1 aliphatic rings. The molecule has 0 aromatic heterocycles. The molecule has 1 saturated heterocycles. The fourth-order valence-corrected chi connectivity index (χ4v) is 4.98. The molecule has 166 valence electrons. The van der Waals surface area contributed by atoms with Crippen LogP contribution in [-0.2, 0) is 23.9 Å². The highest BCUT2D eigenvalue weighted by Crippen LogP contribution is 2.28. The van der Waals surface area contributed by atoms with Crippen LogP contribution in [0.1, 0.15) is 84.5 Å². The summed E-state index contributed by atoms with van der Waals surface area (Å²) in [5.74, 6) is 0.606. The molecule has 29 heavy (non-hydrogen) atoms. The van der Waals surface area contributed by atoms with Gasteiger partial charge in [-0.25, -0.2) is 0 Å². The van der Waals surface area contributed by atoms with Crippen molar-refractivity contribution >= 4 is 35.8 Å². The van der Waals surface area contributed by atoms with Gasteiger partial charge in [-0.1, -0.05) is 51.9 Å². The molecule has 1 aliphatic heterocycles. The van der Waals surface area contributed by atoms with Gasteiger partial charge in [0.2, 0.25) is 11.8 Å². The Morgan fingerprint density at radius 3 is 2.24 bits per heavy atom. The Labute approximate surface area is 179 Å². The molecular formula is C22H37NO5S. The van der Waals surface area contributed by atoms with E-state index in [0.717, 1.165) is 38.5 Å². The van der Waals surface area contributed by atoms with Crippen molar-refractivity contribution < 1.29 is 23.9 Å². The minimum Gasteiger partial charge on any atom is -0.468 e. The number of rotatable bonds is 18. The smallest absolute Gasteiger partial charge is 0.293 e. The first-order valence-electron chi connectivity index (χ1n) is 11.0. The number of imide groups is 1. The molecule has 2 amide bonds. The molecular weight excluding hydrogens is 390 g/mol. The van der Waals surface area contributed by atoms with E-state index in [-0.39, 0.29) is 35.2 Å². The number of unbranched alkanes of at least 4 members (excludes halogenated alkanes) is 8. The van der Waals surface area contributed by atoms with Crippen LogP contribution in [0.25, 0.3) is 0 Å². The normalized spacial score (nSPS) is 17.6. The van der Waals surface area contributed by atoms with Gasteiger partial charge in [-0.2, -0.15) is 0 Å². The first kappa shape index (κ1) is 25.7. The predicted molar refractivity (Wildman–Crippen MR) is 116 cm³/mol. The molecule has 1 heterocycles. The molecule has 7 heteroatoms. The van der Waals surface area contributed by atoms with Crippen LogP contribution in [0.15, 0.2) is 0 Å². The number of Topliss-reactive ketones (excluding diaryl/α,β-unsaturated/α-hetero) is 1. The Morgan fingerprint density at radius 1 is 1.10 bits per heavy atom. The third kappa shape index (κ3) is 10.3. The molecule has 0 N–H and O–H groups in total. The van der Waals surface area contributed by atoms with E-state index >= 15 is 0 Å². The van der Waals surface area contributed by atoms with Crippen LogP contribution in [0.2, 0.25) is 0 Å². The van der Waals surface area contributed by atoms with Gasteiger partial charge >= 0.3 is 0 Å². The van der Waals surface area contributed by atoms with E-state index in [1.165, 1.54) is 42.3 Å². The van der Waals surface area contributed by atoms with Crippen molar-refractivity contribution in [3.63, 3.8) is 0 Å². The average molecular weight is 428 g/mol. The molecule has 1 rings (SSSR count). The van der Waals surface area contributed by atoms with Crippen molar-refractivity contribution in [2.24, 2.45) is 5.92 Å². The number of amides is 2. The summed E-state index contributed by atoms with van der Waals surface area (Å²) in [5.41, 5.74) is 0. The average Bonchev–Trinajstić information content (AvgIpc) is 2.96. The molecule has 2 atom stereocenters. The van der Waals surface area contributed by atoms with Gasteiger partial charge in [-0.05, 0) is 26.2 Å². The number of likely N-dealkylation sites (tertiary alicyclic amines) is 1. The number of ether oxygens (including phenoxy) is 1. The van der Waals surface area contributed by atoms with Gasteiger partial charge in [-0.3, -0.25) is 24.1 Å². The second-order valence-corrected chi connectivity index (χ2v) is 9.01. The molecule has 0 saturated carbocycles. The lowest BCUT2D eigenvalue weighted by Gasteiger charge is -2.16. The molecule has 6 nitrogen and oxygen atoms in total. The van der Waals surface area contributed by atoms with Gasteiger partial charge in [-0.15, -0.1) is 11.8 Å². The van der Waals surface area contributed by atoms with Crippen molar-refractivity contribution in [2.75, 3.05) is 18.9 Å². The zero-order valence-corrected chi connectivity index (χ0v) is 18.8. The van der Waals surface area contributed by atoms with E-state index in [9.17, 15) is 19.2 Å². The number of nitrogens with zero attached hydrogens (tertiary/aromatic N) is 1. The number of carbonyl (C=O) groups is 4. The lowest BCUT2D eigenvalue weighted by molar-refractivity contribution is -0.138. The minimum atomic E-state index is -0.312. The van der Waals surface area contributed by atoms with Crippen molar-refractivity contribution in [3.8, 4) is 0 Å². The summed E-state index contributed by atoms with van der Waals surface area (Å²) < 4.78 is 4.66. The number of ketones is 1. The number of hydrogen-bond donors (Lipinski definition) is 0. The lowest BCUT2D eigenvalue weighted by atomic mass is 10.1. The highest BCUT2D eigenvalue weighted by Gasteiger charge is 2.38. The number of thioether (sulfide) groups is 1. The molecule has 0 spiro atoms. The SMILES string of the molecule is CC[C@@H](CSC1CC(=O)N(CCCCCCCCCCCOC=O)C1=O)C(C)=O. The van der Waals surface area contributed by atoms with Gasteiger partial charge < -0.3 is 4.74 Å². The predicted octanol–water partition coefficient (Wildman–Crippen LogP) is 4.15. The first-order valence-corrected chi connectivity index (χ1v) is 12.1. The molecule has 1 fully saturated rings. The summed E-state index contributed by atoms with van der Waals surface area (Å²) in [6.07, 6.45) is 10.8. The maximum atomic E-state index is 12.5. The van der Waals surface area contributed by atoms with E-state index in [1.807, 2.05) is 6.92 Å². The summed E-state index contributed by atoms with van der Waals surface area (Å²) in [7, 11) is 0. The van der Waals surface area contributed by atoms with Crippen LogP contribution in [0, 0.1) is 5.92 Å². The van der Waals surface area contributed by atoms with Crippen molar-refractivity contribution in [1.29, 1.82) is 0 Å². The van der Waals surface area contributed by atoms with Crippen LogP contribution < -0.4 is 0 Å². The van der Waals surface area contributed by atoms with Gasteiger partial charge in [0, 0.05) is 24.6 Å². The highest BCUT2D eigenvalue weighted by molar-refractivity contribution is 8.00. The standard InChI is InChI=1S/C22H37NO5S/c1-3-19(18(2)25)16-29-20-15-21(26)23(22(20)27)13-11-9-7-5-4-6-8-10-12-14-28-17-24/h17,19-20H,3-16H2,1-2H3/t19-,20?/m0/s1. The summed E-state index contributed by atoms with van der Waals surface area (Å²) in [5, 5.41) is -0.312. The molecule has 0 aliphatic carbocycles. The van der Waals surface area contributed by atoms with Gasteiger partial charge in [0.1, 0.15) is 5.78 Å². The van der Waals surface area contributed by atoms with Crippen molar-refractivity contribution in [3.05, 3.63) is 0 Å². The third-order valence-electron chi connectivity index (χ3n) is 5.48. The van der Waals surface area contributed by atoms with E-state index in [1.54, 1.807) is 6.92 Å². The summed E-state index contributed by atoms with van der Waals surface area (Å²) in [4.78, 5) is 47.6. The quantitative estimate of drug-likeness (QED) is 0.186. The Balaban J connectivity index is 2.09. The molecule has 0 radical (unpaired) electrons. The fraction of sp³-hybridized carbons (Fsp3) is 0.818.